The number of ether oxygens (including phenoxy) is 2. The van der Waals surface area contributed by atoms with E-state index in [0.717, 1.165) is 0 Å². The number of rotatable bonds is 3. The van der Waals surface area contributed by atoms with E-state index in [1.807, 2.05) is 0 Å². The van der Waals surface area contributed by atoms with Gasteiger partial charge in [-0.15, -0.1) is 0 Å². The summed E-state index contributed by atoms with van der Waals surface area (Å²) in [6.45, 7) is 8.81. The molecule has 1 aliphatic heterocycles. The molecule has 0 saturated heterocycles. The van der Waals surface area contributed by atoms with E-state index >= 15 is 0 Å². The number of allylic oxidation sites excluding steroid dienone is 2. The zero-order valence-electron chi connectivity index (χ0n) is 15.1. The maximum Gasteiger partial charge on any atom is 0.337 e. The summed E-state index contributed by atoms with van der Waals surface area (Å²) in [5, 5.41) is 3.23. The molecule has 1 aromatic heterocycles. The third kappa shape index (κ3) is 3.87. The van der Waals surface area contributed by atoms with Crippen LogP contribution in [0.25, 0.3) is 0 Å². The van der Waals surface area contributed by atoms with Crippen molar-refractivity contribution in [2.45, 2.75) is 46.1 Å². The molecule has 0 amide bonds. The van der Waals surface area contributed by atoms with Gasteiger partial charge >= 0.3 is 11.9 Å². The first-order valence-corrected chi connectivity index (χ1v) is 8.13. The van der Waals surface area contributed by atoms with Gasteiger partial charge in [-0.05, 0) is 34.6 Å². The molecule has 0 spiro atoms. The Morgan fingerprint density at radius 2 is 1.72 bits per heavy atom. The molecule has 1 aliphatic rings. The number of carbonyl (C=O) groups is 2. The zero-order chi connectivity index (χ0) is 18.9. The molecule has 0 saturated carbocycles. The normalized spacial score (nSPS) is 18.1. The maximum absolute atomic E-state index is 12.8. The molecule has 2 rings (SSSR count). The van der Waals surface area contributed by atoms with Crippen molar-refractivity contribution >= 4 is 23.5 Å². The topological polar surface area (TPSA) is 93.3 Å². The maximum atomic E-state index is 12.8. The summed E-state index contributed by atoms with van der Waals surface area (Å²) in [6.07, 6.45) is 1.41. The first kappa shape index (κ1) is 19.1. The summed E-state index contributed by atoms with van der Waals surface area (Å²) in [5.74, 6) is -1.87. The van der Waals surface area contributed by atoms with Gasteiger partial charge in [-0.2, -0.15) is 0 Å². The van der Waals surface area contributed by atoms with Crippen LogP contribution in [0.5, 0.6) is 0 Å². The van der Waals surface area contributed by atoms with E-state index in [1.54, 1.807) is 34.6 Å². The second-order valence-corrected chi connectivity index (χ2v) is 7.09. The van der Waals surface area contributed by atoms with E-state index in [0.29, 0.717) is 17.1 Å². The lowest BCUT2D eigenvalue weighted by atomic mass is 9.83. The minimum atomic E-state index is -0.765. The van der Waals surface area contributed by atoms with E-state index in [-0.39, 0.29) is 16.3 Å². The Hall–Kier alpha value is -2.28. The van der Waals surface area contributed by atoms with Crippen molar-refractivity contribution in [3.8, 4) is 0 Å². The van der Waals surface area contributed by atoms with Crippen molar-refractivity contribution in [2.75, 3.05) is 7.11 Å². The first-order chi connectivity index (χ1) is 11.6. The lowest BCUT2D eigenvalue weighted by Crippen LogP contribution is -2.35. The quantitative estimate of drug-likeness (QED) is 0.798. The number of carbonyl (C=O) groups excluding carboxylic acids is 2. The highest BCUT2D eigenvalue weighted by molar-refractivity contribution is 6.30. The number of esters is 2. The predicted octanol–water partition coefficient (Wildman–Crippen LogP) is 2.81. The van der Waals surface area contributed by atoms with Gasteiger partial charge in [-0.1, -0.05) is 11.6 Å². The number of methoxy groups -OCH3 is 1. The zero-order valence-corrected chi connectivity index (χ0v) is 15.9. The molecule has 1 aromatic rings. The van der Waals surface area contributed by atoms with Crippen LogP contribution in [0, 0.1) is 0 Å². The highest BCUT2D eigenvalue weighted by Crippen LogP contribution is 2.40. The van der Waals surface area contributed by atoms with Crippen molar-refractivity contribution in [1.29, 1.82) is 0 Å². The minimum absolute atomic E-state index is 0.176. The Balaban J connectivity index is 2.63. The number of aromatic amines is 1. The van der Waals surface area contributed by atoms with Crippen LogP contribution in [-0.4, -0.2) is 34.6 Å². The van der Waals surface area contributed by atoms with Crippen molar-refractivity contribution < 1.29 is 19.1 Å². The number of halogens is 1. The second kappa shape index (κ2) is 6.92. The van der Waals surface area contributed by atoms with Gasteiger partial charge in [0.1, 0.15) is 5.60 Å². The smallest absolute Gasteiger partial charge is 0.337 e. The third-order valence-electron chi connectivity index (χ3n) is 3.69. The van der Waals surface area contributed by atoms with Crippen molar-refractivity contribution in [2.24, 2.45) is 0 Å². The molecule has 1 unspecified atom stereocenters. The van der Waals surface area contributed by atoms with Crippen LogP contribution in [0.1, 0.15) is 46.2 Å². The van der Waals surface area contributed by atoms with E-state index in [9.17, 15) is 9.59 Å². The van der Waals surface area contributed by atoms with Crippen LogP contribution in [0.2, 0.25) is 5.15 Å². The van der Waals surface area contributed by atoms with Gasteiger partial charge in [0.25, 0.3) is 0 Å². The monoisotopic (exact) mass is 367 g/mol. The highest BCUT2D eigenvalue weighted by atomic mass is 35.5. The first-order valence-electron chi connectivity index (χ1n) is 7.75. The summed E-state index contributed by atoms with van der Waals surface area (Å²) in [4.78, 5) is 32.1. The fourth-order valence-electron chi connectivity index (χ4n) is 2.76. The number of imidazole rings is 1. The predicted molar refractivity (Wildman–Crippen MR) is 92.7 cm³/mol. The number of nitrogens with zero attached hydrogens (tertiary/aromatic N) is 1. The Kier molecular flexibility index (Phi) is 5.27. The lowest BCUT2D eigenvalue weighted by Gasteiger charge is -2.31. The van der Waals surface area contributed by atoms with E-state index < -0.39 is 23.5 Å². The Morgan fingerprint density at radius 3 is 2.16 bits per heavy atom. The number of H-pyrrole nitrogens is 1. The summed E-state index contributed by atoms with van der Waals surface area (Å²) >= 11 is 6.17. The summed E-state index contributed by atoms with van der Waals surface area (Å²) in [5.41, 5.74) is 1.46. The van der Waals surface area contributed by atoms with Crippen LogP contribution in [0.4, 0.5) is 0 Å². The fraction of sp³-hybridized carbons (Fsp3) is 0.471. The third-order valence-corrected chi connectivity index (χ3v) is 3.99. The largest absolute Gasteiger partial charge is 0.466 e. The number of nitrogens with one attached hydrogen (secondary N) is 2. The number of hydrogen-bond donors (Lipinski definition) is 2. The van der Waals surface area contributed by atoms with Gasteiger partial charge in [0.2, 0.25) is 0 Å². The van der Waals surface area contributed by atoms with Crippen LogP contribution >= 0.6 is 11.6 Å². The Morgan fingerprint density at radius 1 is 1.16 bits per heavy atom. The lowest BCUT2D eigenvalue weighted by molar-refractivity contribution is -0.150. The summed E-state index contributed by atoms with van der Waals surface area (Å²) in [7, 11) is 1.28. The van der Waals surface area contributed by atoms with Crippen LogP contribution in [-0.2, 0) is 19.1 Å². The van der Waals surface area contributed by atoms with Crippen molar-refractivity contribution in [1.82, 2.24) is 15.3 Å². The average Bonchev–Trinajstić information content (AvgIpc) is 2.89. The summed E-state index contributed by atoms with van der Waals surface area (Å²) in [6, 6.07) is 0. The van der Waals surface area contributed by atoms with Gasteiger partial charge in [0.15, 0.2) is 5.15 Å². The van der Waals surface area contributed by atoms with Crippen LogP contribution in [0.15, 0.2) is 28.9 Å². The molecule has 0 radical (unpaired) electrons. The van der Waals surface area contributed by atoms with E-state index in [1.165, 1.54) is 13.4 Å². The molecule has 136 valence electrons. The molecule has 2 heterocycles. The van der Waals surface area contributed by atoms with Crippen LogP contribution in [0.3, 0.4) is 0 Å². The molecule has 7 nitrogen and oxygen atoms in total. The molecule has 25 heavy (non-hydrogen) atoms. The standard InChI is InChI=1S/C17H22ClN3O4/c1-8-10(15(22)24-6)12(13-14(18)20-7-19-13)11(9(2)21-8)16(23)25-17(3,4)5/h7,12,21H,1-6H3,(H,19,20). The molecular weight excluding hydrogens is 346 g/mol. The second-order valence-electron chi connectivity index (χ2n) is 6.74. The molecular formula is C17H22ClN3O4. The van der Waals surface area contributed by atoms with Gasteiger partial charge in [0.05, 0.1) is 36.2 Å². The molecule has 8 heteroatoms. The minimum Gasteiger partial charge on any atom is -0.466 e. The summed E-state index contributed by atoms with van der Waals surface area (Å²) < 4.78 is 10.4. The fourth-order valence-corrected chi connectivity index (χ4v) is 2.97. The van der Waals surface area contributed by atoms with E-state index in [4.69, 9.17) is 21.1 Å². The molecule has 0 bridgehead atoms. The number of hydrogen-bond acceptors (Lipinski definition) is 6. The Labute approximate surface area is 151 Å². The molecule has 2 N–H and O–H groups in total. The van der Waals surface area contributed by atoms with Crippen LogP contribution < -0.4 is 5.32 Å². The van der Waals surface area contributed by atoms with Crippen molar-refractivity contribution in [3.63, 3.8) is 0 Å². The molecule has 0 aromatic carbocycles. The van der Waals surface area contributed by atoms with Gasteiger partial charge in [0, 0.05) is 11.4 Å². The average molecular weight is 368 g/mol. The highest BCUT2D eigenvalue weighted by Gasteiger charge is 2.40. The Bertz CT molecular complexity index is 771. The van der Waals surface area contributed by atoms with Gasteiger partial charge in [-0.25, -0.2) is 14.6 Å². The van der Waals surface area contributed by atoms with E-state index in [2.05, 4.69) is 15.3 Å². The SMILES string of the molecule is COC(=O)C1=C(C)NC(C)=C(C(=O)OC(C)(C)C)C1c1[nH]cnc1Cl. The van der Waals surface area contributed by atoms with Gasteiger partial charge in [-0.3, -0.25) is 0 Å². The number of dihydropyridines is 1. The number of aromatic nitrogens is 2. The molecule has 1 atom stereocenters. The van der Waals surface area contributed by atoms with Gasteiger partial charge < -0.3 is 19.8 Å². The molecule has 0 fully saturated rings. The van der Waals surface area contributed by atoms with Crippen molar-refractivity contribution in [3.05, 3.63) is 39.7 Å². The molecule has 0 aliphatic carbocycles.